The topological polar surface area (TPSA) is 165 Å². The van der Waals surface area contributed by atoms with Gasteiger partial charge in [-0.15, -0.1) is 0 Å². The number of aromatic hydroxyl groups is 1. The van der Waals surface area contributed by atoms with Crippen LogP contribution in [0.1, 0.15) is 30.5 Å². The molecular formula is C18H17N5O6. The number of rotatable bonds is 6. The van der Waals surface area contributed by atoms with Gasteiger partial charge < -0.3 is 5.11 Å². The fraction of sp³-hybridized carbons (Fsp3) is 0.278. The summed E-state index contributed by atoms with van der Waals surface area (Å²) in [5, 5.41) is 41.9. The van der Waals surface area contributed by atoms with Crippen LogP contribution in [0.15, 0.2) is 28.0 Å². The lowest BCUT2D eigenvalue weighted by molar-refractivity contribution is -0.393. The van der Waals surface area contributed by atoms with Crippen LogP contribution in [0.4, 0.5) is 17.1 Å². The van der Waals surface area contributed by atoms with Crippen molar-refractivity contribution in [3.05, 3.63) is 65.5 Å². The predicted octanol–water partition coefficient (Wildman–Crippen LogP) is 2.96. The smallest absolute Gasteiger partial charge is 0.301 e. The first-order chi connectivity index (χ1) is 13.6. The van der Waals surface area contributed by atoms with Crippen molar-refractivity contribution < 1.29 is 15.0 Å². The van der Waals surface area contributed by atoms with Crippen LogP contribution >= 0.6 is 0 Å². The third-order valence-corrected chi connectivity index (χ3v) is 4.09. The molecule has 0 bridgehead atoms. The van der Waals surface area contributed by atoms with E-state index in [1.54, 1.807) is 6.07 Å². The van der Waals surface area contributed by atoms with Gasteiger partial charge in [0.25, 0.3) is 11.2 Å². The second-order valence-electron chi connectivity index (χ2n) is 6.60. The van der Waals surface area contributed by atoms with E-state index in [1.807, 2.05) is 13.8 Å². The van der Waals surface area contributed by atoms with Crippen molar-refractivity contribution in [3.8, 4) is 11.9 Å². The molecule has 2 rings (SSSR count). The summed E-state index contributed by atoms with van der Waals surface area (Å²) < 4.78 is 1.04. The summed E-state index contributed by atoms with van der Waals surface area (Å²) in [5.74, 6) is -0.429. The van der Waals surface area contributed by atoms with Crippen LogP contribution in [-0.4, -0.2) is 25.7 Å². The second kappa shape index (κ2) is 8.30. The first kappa shape index (κ1) is 21.2. The third-order valence-electron chi connectivity index (χ3n) is 4.09. The van der Waals surface area contributed by atoms with Crippen molar-refractivity contribution in [2.24, 2.45) is 10.9 Å². The van der Waals surface area contributed by atoms with Crippen LogP contribution in [0, 0.1) is 44.4 Å². The molecule has 150 valence electrons. The molecule has 0 saturated carbocycles. The van der Waals surface area contributed by atoms with Gasteiger partial charge in [0.05, 0.1) is 21.5 Å². The van der Waals surface area contributed by atoms with Crippen LogP contribution in [0.25, 0.3) is 0 Å². The average Bonchev–Trinajstić information content (AvgIpc) is 2.65. The summed E-state index contributed by atoms with van der Waals surface area (Å²) in [4.78, 5) is 36.9. The summed E-state index contributed by atoms with van der Waals surface area (Å²) in [6.07, 6.45) is 1.09. The number of aliphatic imine (C=N–C) groups is 1. The van der Waals surface area contributed by atoms with Crippen molar-refractivity contribution in [1.82, 2.24) is 4.57 Å². The molecule has 0 atom stereocenters. The van der Waals surface area contributed by atoms with Gasteiger partial charge in [0.15, 0.2) is 0 Å². The fourth-order valence-corrected chi connectivity index (χ4v) is 2.67. The van der Waals surface area contributed by atoms with E-state index in [0.29, 0.717) is 0 Å². The average molecular weight is 399 g/mol. The SMILES string of the molecule is Cc1c(C=Nc2ccc([N+](=O)[O-])cc2[N+](=O)[O-])c(O)n(CC(C)C)c(=O)c1C#N. The monoisotopic (exact) mass is 399 g/mol. The van der Waals surface area contributed by atoms with Gasteiger partial charge in [-0.05, 0) is 24.5 Å². The molecule has 1 aromatic heterocycles. The summed E-state index contributed by atoms with van der Waals surface area (Å²) in [6, 6.07) is 4.75. The number of hydrogen-bond acceptors (Lipinski definition) is 8. The van der Waals surface area contributed by atoms with Crippen molar-refractivity contribution in [2.45, 2.75) is 27.3 Å². The van der Waals surface area contributed by atoms with Crippen LogP contribution in [0.2, 0.25) is 0 Å². The van der Waals surface area contributed by atoms with E-state index in [1.165, 1.54) is 6.92 Å². The highest BCUT2D eigenvalue weighted by molar-refractivity contribution is 5.88. The van der Waals surface area contributed by atoms with E-state index in [9.17, 15) is 35.4 Å². The molecule has 0 aliphatic rings. The van der Waals surface area contributed by atoms with Gasteiger partial charge >= 0.3 is 5.69 Å². The molecule has 0 saturated heterocycles. The molecule has 1 N–H and O–H groups in total. The van der Waals surface area contributed by atoms with Gasteiger partial charge in [0.2, 0.25) is 5.88 Å². The van der Waals surface area contributed by atoms with E-state index >= 15 is 0 Å². The highest BCUT2D eigenvalue weighted by Gasteiger charge is 2.21. The van der Waals surface area contributed by atoms with Gasteiger partial charge in [-0.2, -0.15) is 5.26 Å². The standard InChI is InChI=1S/C18H17N5O6/c1-10(2)9-21-17(24)13(7-19)11(3)14(18(21)25)8-20-15-5-4-12(22(26)27)6-16(15)23(28)29/h4-6,8,10,25H,9H2,1-3H3. The predicted molar refractivity (Wildman–Crippen MR) is 104 cm³/mol. The van der Waals surface area contributed by atoms with E-state index in [4.69, 9.17) is 0 Å². The quantitative estimate of drug-likeness (QED) is 0.443. The number of benzene rings is 1. The summed E-state index contributed by atoms with van der Waals surface area (Å²) >= 11 is 0. The van der Waals surface area contributed by atoms with E-state index in [-0.39, 0.29) is 34.8 Å². The zero-order chi connectivity index (χ0) is 21.9. The number of aromatic nitrogens is 1. The van der Waals surface area contributed by atoms with Gasteiger partial charge in [-0.25, -0.2) is 4.99 Å². The molecule has 1 aromatic carbocycles. The number of nitro groups is 2. The lowest BCUT2D eigenvalue weighted by Crippen LogP contribution is -2.27. The molecule has 1 heterocycles. The first-order valence-corrected chi connectivity index (χ1v) is 8.41. The summed E-state index contributed by atoms with van der Waals surface area (Å²) in [6.45, 7) is 5.25. The maximum Gasteiger partial charge on any atom is 0.301 e. The Morgan fingerprint density at radius 3 is 2.48 bits per heavy atom. The molecule has 0 amide bonds. The van der Waals surface area contributed by atoms with Crippen LogP contribution in [-0.2, 0) is 6.54 Å². The highest BCUT2D eigenvalue weighted by Crippen LogP contribution is 2.31. The Morgan fingerprint density at radius 1 is 1.31 bits per heavy atom. The molecular weight excluding hydrogens is 382 g/mol. The number of nitrogens with zero attached hydrogens (tertiary/aromatic N) is 5. The second-order valence-corrected chi connectivity index (χ2v) is 6.60. The molecule has 0 aliphatic heterocycles. The normalized spacial score (nSPS) is 11.0. The van der Waals surface area contributed by atoms with E-state index in [2.05, 4.69) is 4.99 Å². The molecule has 0 spiro atoms. The molecule has 0 radical (unpaired) electrons. The Labute approximate surface area is 164 Å². The highest BCUT2D eigenvalue weighted by atomic mass is 16.6. The summed E-state index contributed by atoms with van der Waals surface area (Å²) in [5.41, 5.74) is -1.84. The number of hydrogen-bond donors (Lipinski definition) is 1. The Bertz CT molecular complexity index is 1130. The molecule has 29 heavy (non-hydrogen) atoms. The molecule has 11 heteroatoms. The Balaban J connectivity index is 2.67. The molecule has 0 aliphatic carbocycles. The maximum atomic E-state index is 12.4. The zero-order valence-corrected chi connectivity index (χ0v) is 15.8. The minimum Gasteiger partial charge on any atom is -0.494 e. The number of nitriles is 1. The van der Waals surface area contributed by atoms with E-state index in [0.717, 1.165) is 29.0 Å². The zero-order valence-electron chi connectivity index (χ0n) is 15.8. The molecule has 0 unspecified atom stereocenters. The molecule has 0 fully saturated rings. The van der Waals surface area contributed by atoms with Gasteiger partial charge in [0, 0.05) is 18.8 Å². The Morgan fingerprint density at radius 2 is 1.97 bits per heavy atom. The van der Waals surface area contributed by atoms with Crippen molar-refractivity contribution in [2.75, 3.05) is 0 Å². The van der Waals surface area contributed by atoms with Crippen molar-refractivity contribution >= 4 is 23.3 Å². The minimum atomic E-state index is -0.813. The van der Waals surface area contributed by atoms with Crippen molar-refractivity contribution in [3.63, 3.8) is 0 Å². The van der Waals surface area contributed by atoms with Crippen LogP contribution in [0.5, 0.6) is 5.88 Å². The Hall–Kier alpha value is -4.07. The molecule has 11 nitrogen and oxygen atoms in total. The van der Waals surface area contributed by atoms with Crippen LogP contribution in [0.3, 0.4) is 0 Å². The van der Waals surface area contributed by atoms with Crippen molar-refractivity contribution in [1.29, 1.82) is 5.26 Å². The summed E-state index contributed by atoms with van der Waals surface area (Å²) in [7, 11) is 0. The maximum absolute atomic E-state index is 12.4. The number of non-ortho nitro benzene ring substituents is 1. The van der Waals surface area contributed by atoms with E-state index < -0.39 is 32.7 Å². The third kappa shape index (κ3) is 4.27. The lowest BCUT2D eigenvalue weighted by atomic mass is 10.1. The number of pyridine rings is 1. The van der Waals surface area contributed by atoms with Crippen LogP contribution < -0.4 is 5.56 Å². The number of nitro benzene ring substituents is 2. The van der Waals surface area contributed by atoms with Gasteiger partial charge in [0.1, 0.15) is 17.3 Å². The lowest BCUT2D eigenvalue weighted by Gasteiger charge is -2.15. The minimum absolute atomic E-state index is 0.00611. The van der Waals surface area contributed by atoms with Gasteiger partial charge in [-0.3, -0.25) is 29.6 Å². The van der Waals surface area contributed by atoms with Gasteiger partial charge in [-0.1, -0.05) is 13.8 Å². The largest absolute Gasteiger partial charge is 0.494 e. The fourth-order valence-electron chi connectivity index (χ4n) is 2.67. The Kier molecular flexibility index (Phi) is 6.08. The first-order valence-electron chi connectivity index (χ1n) is 8.41. The molecule has 2 aromatic rings.